The van der Waals surface area contributed by atoms with E-state index in [1.165, 1.54) is 31.3 Å². The lowest BCUT2D eigenvalue weighted by atomic mass is 10.1. The first-order valence-electron chi connectivity index (χ1n) is 8.25. The predicted octanol–water partition coefficient (Wildman–Crippen LogP) is 6.85. The van der Waals surface area contributed by atoms with Crippen molar-refractivity contribution in [1.82, 2.24) is 4.57 Å². The highest BCUT2D eigenvalue weighted by Gasteiger charge is 2.41. The molecule has 156 valence electrons. The molecule has 29 heavy (non-hydrogen) atoms. The third-order valence-electron chi connectivity index (χ3n) is 3.68. The zero-order chi connectivity index (χ0) is 21.8. The zero-order valence-corrected chi connectivity index (χ0v) is 18.3. The van der Waals surface area contributed by atoms with Gasteiger partial charge in [0.15, 0.2) is 0 Å². The molecule has 2 aromatic rings. The second-order valence-corrected chi connectivity index (χ2v) is 7.33. The van der Waals surface area contributed by atoms with E-state index in [2.05, 4.69) is 21.1 Å². The molecule has 0 radical (unpaired) electrons. The summed E-state index contributed by atoms with van der Waals surface area (Å²) in [6.45, 7) is 2.79. The normalized spacial score (nSPS) is 12.9. The highest BCUT2D eigenvalue weighted by molar-refractivity contribution is 9.10. The molecule has 1 heterocycles. The summed E-state index contributed by atoms with van der Waals surface area (Å²) in [5.41, 5.74) is -1.03. The number of benzene rings is 1. The van der Waals surface area contributed by atoms with Gasteiger partial charge < -0.3 is 14.1 Å². The van der Waals surface area contributed by atoms with Crippen LogP contribution in [0.3, 0.4) is 0 Å². The summed E-state index contributed by atoms with van der Waals surface area (Å²) < 4.78 is 47.1. The van der Waals surface area contributed by atoms with E-state index in [-0.39, 0.29) is 26.9 Å². The Balaban J connectivity index is 2.58. The van der Waals surface area contributed by atoms with E-state index in [4.69, 9.17) is 32.8 Å². The van der Waals surface area contributed by atoms with Gasteiger partial charge in [-0.25, -0.2) is 0 Å². The topological polar surface area (TPSA) is 59.5 Å². The maximum Gasteiger partial charge on any atom is 0.432 e. The minimum atomic E-state index is -4.76. The fraction of sp³-hybridized carbons (Fsp3) is 0.333. The molecule has 0 bridgehead atoms. The Morgan fingerprint density at radius 3 is 2.59 bits per heavy atom. The van der Waals surface area contributed by atoms with Gasteiger partial charge >= 0.3 is 6.18 Å². The van der Waals surface area contributed by atoms with Crippen LogP contribution in [-0.2, 0) is 22.5 Å². The van der Waals surface area contributed by atoms with Crippen LogP contribution in [-0.4, -0.2) is 17.1 Å². The minimum Gasteiger partial charge on any atom is -0.364 e. The number of oxime groups is 1. The van der Waals surface area contributed by atoms with Crippen molar-refractivity contribution in [2.24, 2.45) is 5.16 Å². The number of alkyl halides is 3. The minimum absolute atomic E-state index is 0.0190. The molecular formula is C18H15BrCl2F3N3O2. The molecule has 2 rings (SSSR count). The molecule has 0 amide bonds. The summed E-state index contributed by atoms with van der Waals surface area (Å²) in [7, 11) is 0. The first-order valence-corrected chi connectivity index (χ1v) is 9.80. The molecule has 1 aromatic carbocycles. The van der Waals surface area contributed by atoms with Crippen LogP contribution < -0.4 is 0 Å². The van der Waals surface area contributed by atoms with E-state index in [0.29, 0.717) is 6.42 Å². The molecule has 0 aliphatic carbocycles. The number of ether oxygens (including phenoxy) is 1. The Labute approximate surface area is 183 Å². The number of nitrogens with zero attached hydrogens (tertiary/aromatic N) is 3. The number of hydrogen-bond donors (Lipinski definition) is 0. The van der Waals surface area contributed by atoms with Crippen LogP contribution in [0.15, 0.2) is 27.8 Å². The quantitative estimate of drug-likeness (QED) is 0.231. The van der Waals surface area contributed by atoms with Gasteiger partial charge in [0, 0.05) is 18.7 Å². The van der Waals surface area contributed by atoms with Gasteiger partial charge in [0.05, 0.1) is 25.8 Å². The summed E-state index contributed by atoms with van der Waals surface area (Å²) in [6, 6.07) is 6.09. The van der Waals surface area contributed by atoms with Gasteiger partial charge in [-0.15, -0.1) is 0 Å². The van der Waals surface area contributed by atoms with Crippen LogP contribution in [0.25, 0.3) is 11.3 Å². The van der Waals surface area contributed by atoms with Gasteiger partial charge in [-0.2, -0.15) is 18.4 Å². The van der Waals surface area contributed by atoms with Crippen LogP contribution in [0, 0.1) is 11.3 Å². The summed E-state index contributed by atoms with van der Waals surface area (Å²) >= 11 is 14.8. The van der Waals surface area contributed by atoms with Gasteiger partial charge in [0.25, 0.3) is 0 Å². The predicted molar refractivity (Wildman–Crippen MR) is 108 cm³/mol. The summed E-state index contributed by atoms with van der Waals surface area (Å²) in [5.74, 6) is 0. The lowest BCUT2D eigenvalue weighted by Gasteiger charge is -2.18. The maximum atomic E-state index is 13.8. The Hall–Kier alpha value is -1.73. The Morgan fingerprint density at radius 2 is 2.03 bits per heavy atom. The van der Waals surface area contributed by atoms with Gasteiger partial charge in [0.1, 0.15) is 18.5 Å². The number of hydrogen-bond acceptors (Lipinski definition) is 4. The zero-order valence-electron chi connectivity index (χ0n) is 15.2. The molecule has 0 aliphatic heterocycles. The molecule has 1 unspecified atom stereocenters. The Morgan fingerprint density at radius 1 is 1.34 bits per heavy atom. The molecule has 5 nitrogen and oxygen atoms in total. The molecule has 0 N–H and O–H groups in total. The van der Waals surface area contributed by atoms with Crippen molar-refractivity contribution in [3.8, 4) is 17.3 Å². The average Bonchev–Trinajstić information content (AvgIpc) is 2.94. The monoisotopic (exact) mass is 511 g/mol. The first kappa shape index (κ1) is 23.5. The third kappa shape index (κ3) is 5.45. The van der Waals surface area contributed by atoms with Crippen LogP contribution in [0.5, 0.6) is 0 Å². The first-order chi connectivity index (χ1) is 13.6. The number of rotatable bonds is 7. The smallest absolute Gasteiger partial charge is 0.364 e. The molecule has 0 saturated heterocycles. The molecule has 0 fully saturated rings. The number of nitriles is 1. The van der Waals surface area contributed by atoms with Crippen molar-refractivity contribution in [2.75, 3.05) is 0 Å². The Bertz CT molecular complexity index is 955. The SMILES string of the molecule is CCC=NOC(C)OCn1c(-c2ccc(Cl)c(Cl)c2)c(C#N)c(Br)c1C(F)(F)F. The molecule has 0 saturated carbocycles. The van der Waals surface area contributed by atoms with E-state index in [1.807, 2.05) is 6.92 Å². The van der Waals surface area contributed by atoms with Crippen molar-refractivity contribution in [2.45, 2.75) is 39.5 Å². The van der Waals surface area contributed by atoms with Gasteiger partial charge in [-0.3, -0.25) is 0 Å². The van der Waals surface area contributed by atoms with E-state index in [1.54, 1.807) is 6.07 Å². The van der Waals surface area contributed by atoms with E-state index in [9.17, 15) is 18.4 Å². The van der Waals surface area contributed by atoms with Crippen molar-refractivity contribution in [3.63, 3.8) is 0 Å². The van der Waals surface area contributed by atoms with E-state index in [0.717, 1.165) is 4.57 Å². The van der Waals surface area contributed by atoms with E-state index >= 15 is 0 Å². The number of halogens is 6. The van der Waals surface area contributed by atoms with E-state index < -0.39 is 29.4 Å². The summed E-state index contributed by atoms with van der Waals surface area (Å²) in [4.78, 5) is 5.01. The van der Waals surface area contributed by atoms with Crippen LogP contribution in [0.4, 0.5) is 13.2 Å². The lowest BCUT2D eigenvalue weighted by Crippen LogP contribution is -2.19. The van der Waals surface area contributed by atoms with Crippen molar-refractivity contribution < 1.29 is 22.7 Å². The standard InChI is InChI=1S/C18H15BrCl2F3N3O2/c1-3-6-26-29-10(2)28-9-27-16(11-4-5-13(20)14(21)7-11)12(8-25)15(19)17(27)18(22,23)24/h4-7,10H,3,9H2,1-2H3. The van der Waals surface area contributed by atoms with Crippen LogP contribution >= 0.6 is 39.1 Å². The van der Waals surface area contributed by atoms with Gasteiger partial charge in [-0.05, 0) is 34.5 Å². The highest BCUT2D eigenvalue weighted by Crippen LogP contribution is 2.44. The van der Waals surface area contributed by atoms with Crippen molar-refractivity contribution >= 4 is 45.3 Å². The highest BCUT2D eigenvalue weighted by atomic mass is 79.9. The second kappa shape index (κ2) is 9.85. The fourth-order valence-electron chi connectivity index (χ4n) is 2.45. The molecular weight excluding hydrogens is 498 g/mol. The largest absolute Gasteiger partial charge is 0.432 e. The summed E-state index contributed by atoms with van der Waals surface area (Å²) in [5, 5.41) is 13.5. The van der Waals surface area contributed by atoms with Crippen molar-refractivity contribution in [3.05, 3.63) is 44.0 Å². The Kier molecular flexibility index (Phi) is 8.00. The lowest BCUT2D eigenvalue weighted by molar-refractivity contribution is -0.166. The van der Waals surface area contributed by atoms with Gasteiger partial charge in [0.2, 0.25) is 6.29 Å². The second-order valence-electron chi connectivity index (χ2n) is 5.72. The van der Waals surface area contributed by atoms with Crippen LogP contribution in [0.2, 0.25) is 10.0 Å². The molecule has 0 spiro atoms. The molecule has 11 heteroatoms. The molecule has 1 atom stereocenters. The third-order valence-corrected chi connectivity index (χ3v) is 5.19. The average molecular weight is 513 g/mol. The number of aromatic nitrogens is 1. The van der Waals surface area contributed by atoms with Crippen molar-refractivity contribution in [1.29, 1.82) is 5.26 Å². The molecule has 1 aromatic heterocycles. The molecule has 0 aliphatic rings. The van der Waals surface area contributed by atoms with Gasteiger partial charge in [-0.1, -0.05) is 41.3 Å². The fourth-order valence-corrected chi connectivity index (χ4v) is 3.47. The maximum absolute atomic E-state index is 13.8. The van der Waals surface area contributed by atoms with Crippen LogP contribution in [0.1, 0.15) is 31.5 Å². The summed E-state index contributed by atoms with van der Waals surface area (Å²) in [6.07, 6.45) is -3.57.